The van der Waals surface area contributed by atoms with Gasteiger partial charge in [-0.05, 0) is 49.6 Å². The first-order valence-electron chi connectivity index (χ1n) is 9.04. The Morgan fingerprint density at radius 3 is 2.96 bits per heavy atom. The molecule has 0 unspecified atom stereocenters. The number of oxazole rings is 1. The minimum absolute atomic E-state index is 0.105. The summed E-state index contributed by atoms with van der Waals surface area (Å²) in [5.74, 6) is 0.806. The molecule has 4 rings (SSSR count). The van der Waals surface area contributed by atoms with Crippen molar-refractivity contribution in [3.63, 3.8) is 0 Å². The fraction of sp³-hybridized carbons (Fsp3) is 0.286. The van der Waals surface area contributed by atoms with Crippen molar-refractivity contribution in [3.8, 4) is 0 Å². The van der Waals surface area contributed by atoms with Crippen LogP contribution in [0.1, 0.15) is 52.3 Å². The molecule has 2 aromatic heterocycles. The largest absolute Gasteiger partial charge is 0.443 e. The van der Waals surface area contributed by atoms with Crippen molar-refractivity contribution in [2.75, 3.05) is 6.54 Å². The van der Waals surface area contributed by atoms with E-state index in [1.54, 1.807) is 23.2 Å². The van der Waals surface area contributed by atoms with E-state index in [1.807, 2.05) is 25.1 Å². The Morgan fingerprint density at radius 2 is 2.15 bits per heavy atom. The molecule has 27 heavy (non-hydrogen) atoms. The summed E-state index contributed by atoms with van der Waals surface area (Å²) in [6.07, 6.45) is 3.82. The highest BCUT2D eigenvalue weighted by molar-refractivity contribution is 5.92. The molecule has 1 aliphatic rings. The second-order valence-corrected chi connectivity index (χ2v) is 6.79. The van der Waals surface area contributed by atoms with Gasteiger partial charge in [-0.3, -0.25) is 4.79 Å². The number of rotatable bonds is 4. The summed E-state index contributed by atoms with van der Waals surface area (Å²) in [5, 5.41) is 0. The van der Waals surface area contributed by atoms with Crippen LogP contribution in [0.15, 0.2) is 53.1 Å². The van der Waals surface area contributed by atoms with Crippen LogP contribution in [0.2, 0.25) is 0 Å². The zero-order chi connectivity index (χ0) is 18.8. The van der Waals surface area contributed by atoms with Gasteiger partial charge < -0.3 is 9.32 Å². The summed E-state index contributed by atoms with van der Waals surface area (Å²) >= 11 is 0. The molecule has 1 atom stereocenters. The summed E-state index contributed by atoms with van der Waals surface area (Å²) in [7, 11) is 0. The Balaban J connectivity index is 1.52. The number of likely N-dealkylation sites (tertiary alicyclic amines) is 1. The number of halogens is 1. The predicted molar refractivity (Wildman–Crippen MR) is 97.7 cm³/mol. The first kappa shape index (κ1) is 17.4. The van der Waals surface area contributed by atoms with Gasteiger partial charge in [0.1, 0.15) is 23.3 Å². The lowest BCUT2D eigenvalue weighted by Crippen LogP contribution is -2.31. The SMILES string of the molecule is Cc1cccc(C(=O)N2CCC[C@@H]2c2ncc(Cc3cccc(F)c3)o2)n1. The fourth-order valence-corrected chi connectivity index (χ4v) is 3.48. The molecule has 3 aromatic rings. The van der Waals surface area contributed by atoms with Crippen LogP contribution in [0, 0.1) is 12.7 Å². The lowest BCUT2D eigenvalue weighted by molar-refractivity contribution is 0.0708. The second kappa shape index (κ2) is 7.31. The minimum atomic E-state index is -0.273. The van der Waals surface area contributed by atoms with Gasteiger partial charge in [-0.25, -0.2) is 14.4 Å². The zero-order valence-electron chi connectivity index (χ0n) is 15.1. The maximum atomic E-state index is 13.4. The molecule has 0 saturated carbocycles. The third-order valence-corrected chi connectivity index (χ3v) is 4.74. The van der Waals surface area contributed by atoms with Crippen LogP contribution in [-0.2, 0) is 6.42 Å². The summed E-state index contributed by atoms with van der Waals surface area (Å²) in [6.45, 7) is 2.52. The van der Waals surface area contributed by atoms with Crippen LogP contribution in [-0.4, -0.2) is 27.3 Å². The Bertz CT molecular complexity index is 969. The van der Waals surface area contributed by atoms with Crippen molar-refractivity contribution in [3.05, 3.63) is 83.1 Å². The van der Waals surface area contributed by atoms with Gasteiger partial charge in [0.15, 0.2) is 0 Å². The zero-order valence-corrected chi connectivity index (χ0v) is 15.1. The third kappa shape index (κ3) is 3.74. The van der Waals surface area contributed by atoms with Gasteiger partial charge in [-0.2, -0.15) is 0 Å². The van der Waals surface area contributed by atoms with Crippen LogP contribution in [0.5, 0.6) is 0 Å². The topological polar surface area (TPSA) is 59.2 Å². The average Bonchev–Trinajstić information content (AvgIpc) is 3.30. The molecule has 1 aliphatic heterocycles. The number of benzene rings is 1. The number of hydrogen-bond acceptors (Lipinski definition) is 4. The summed E-state index contributed by atoms with van der Waals surface area (Å²) < 4.78 is 19.3. The normalized spacial score (nSPS) is 16.7. The van der Waals surface area contributed by atoms with Gasteiger partial charge in [0.25, 0.3) is 5.91 Å². The van der Waals surface area contributed by atoms with Crippen LogP contribution >= 0.6 is 0 Å². The van der Waals surface area contributed by atoms with Gasteiger partial charge in [-0.15, -0.1) is 0 Å². The fourth-order valence-electron chi connectivity index (χ4n) is 3.48. The van der Waals surface area contributed by atoms with E-state index in [2.05, 4.69) is 9.97 Å². The average molecular weight is 365 g/mol. The summed E-state index contributed by atoms with van der Waals surface area (Å²) in [6, 6.07) is 11.7. The van der Waals surface area contributed by atoms with E-state index in [-0.39, 0.29) is 17.8 Å². The van der Waals surface area contributed by atoms with E-state index in [0.29, 0.717) is 30.3 Å². The molecule has 1 fully saturated rings. The number of nitrogens with zero attached hydrogens (tertiary/aromatic N) is 3. The van der Waals surface area contributed by atoms with Crippen molar-refractivity contribution in [2.45, 2.75) is 32.2 Å². The molecule has 0 aliphatic carbocycles. The van der Waals surface area contributed by atoms with Crippen LogP contribution in [0.4, 0.5) is 4.39 Å². The third-order valence-electron chi connectivity index (χ3n) is 4.74. The Kier molecular flexibility index (Phi) is 4.71. The Hall–Kier alpha value is -3.02. The molecule has 0 bridgehead atoms. The molecule has 1 saturated heterocycles. The van der Waals surface area contributed by atoms with Gasteiger partial charge in [0.2, 0.25) is 5.89 Å². The van der Waals surface area contributed by atoms with Gasteiger partial charge >= 0.3 is 0 Å². The molecular formula is C21H20FN3O2. The molecule has 0 N–H and O–H groups in total. The van der Waals surface area contributed by atoms with Gasteiger partial charge in [0.05, 0.1) is 6.20 Å². The van der Waals surface area contributed by atoms with Crippen molar-refractivity contribution < 1.29 is 13.6 Å². The monoisotopic (exact) mass is 365 g/mol. The van der Waals surface area contributed by atoms with Crippen LogP contribution < -0.4 is 0 Å². The van der Waals surface area contributed by atoms with Crippen molar-refractivity contribution in [1.29, 1.82) is 0 Å². The summed E-state index contributed by atoms with van der Waals surface area (Å²) in [4.78, 5) is 23.4. The highest BCUT2D eigenvalue weighted by Crippen LogP contribution is 2.33. The van der Waals surface area contributed by atoms with E-state index in [1.165, 1.54) is 12.1 Å². The summed E-state index contributed by atoms with van der Waals surface area (Å²) in [5.41, 5.74) is 2.07. The van der Waals surface area contributed by atoms with Crippen molar-refractivity contribution >= 4 is 5.91 Å². The standard InChI is InChI=1S/C21H20FN3O2/c1-14-5-2-8-18(24-14)21(26)25-10-4-9-19(25)20-23-13-17(27-20)12-15-6-3-7-16(22)11-15/h2-3,5-8,11,13,19H,4,9-10,12H2,1H3/t19-/m1/s1. The minimum Gasteiger partial charge on any atom is -0.443 e. The van der Waals surface area contributed by atoms with Gasteiger partial charge in [0, 0.05) is 18.7 Å². The first-order valence-corrected chi connectivity index (χ1v) is 9.04. The number of hydrogen-bond donors (Lipinski definition) is 0. The molecule has 1 amide bonds. The Labute approximate surface area is 156 Å². The van der Waals surface area contributed by atoms with E-state index in [4.69, 9.17) is 4.42 Å². The molecular weight excluding hydrogens is 345 g/mol. The van der Waals surface area contributed by atoms with E-state index < -0.39 is 0 Å². The van der Waals surface area contributed by atoms with E-state index in [9.17, 15) is 9.18 Å². The Morgan fingerprint density at radius 1 is 1.30 bits per heavy atom. The van der Waals surface area contributed by atoms with Crippen molar-refractivity contribution in [2.24, 2.45) is 0 Å². The number of amides is 1. The van der Waals surface area contributed by atoms with Crippen LogP contribution in [0.25, 0.3) is 0 Å². The number of carbonyl (C=O) groups excluding carboxylic acids is 1. The maximum Gasteiger partial charge on any atom is 0.273 e. The van der Waals surface area contributed by atoms with E-state index >= 15 is 0 Å². The molecule has 138 valence electrons. The molecule has 6 heteroatoms. The number of aromatic nitrogens is 2. The molecule has 0 spiro atoms. The van der Waals surface area contributed by atoms with E-state index in [0.717, 1.165) is 24.1 Å². The molecule has 0 radical (unpaired) electrons. The van der Waals surface area contributed by atoms with Crippen molar-refractivity contribution in [1.82, 2.24) is 14.9 Å². The number of carbonyl (C=O) groups is 1. The number of pyridine rings is 1. The lowest BCUT2D eigenvalue weighted by Gasteiger charge is -2.22. The second-order valence-electron chi connectivity index (χ2n) is 6.79. The lowest BCUT2D eigenvalue weighted by atomic mass is 10.1. The maximum absolute atomic E-state index is 13.4. The molecule has 5 nitrogen and oxygen atoms in total. The smallest absolute Gasteiger partial charge is 0.273 e. The molecule has 1 aromatic carbocycles. The van der Waals surface area contributed by atoms with Gasteiger partial charge in [-0.1, -0.05) is 18.2 Å². The first-order chi connectivity index (χ1) is 13.1. The van der Waals surface area contributed by atoms with Crippen LogP contribution in [0.3, 0.4) is 0 Å². The number of aryl methyl sites for hydroxylation is 1. The molecule has 3 heterocycles. The highest BCUT2D eigenvalue weighted by Gasteiger charge is 2.34. The quantitative estimate of drug-likeness (QED) is 0.699. The highest BCUT2D eigenvalue weighted by atomic mass is 19.1. The predicted octanol–water partition coefficient (Wildman–Crippen LogP) is 4.09.